The summed E-state index contributed by atoms with van der Waals surface area (Å²) >= 11 is 0. The molecule has 2 unspecified atom stereocenters. The minimum atomic E-state index is 0.627. The van der Waals surface area contributed by atoms with E-state index in [1.165, 1.54) is 32.1 Å². The number of nitrogens with one attached hydrogen (secondary N) is 1. The lowest BCUT2D eigenvalue weighted by atomic mass is 10.0. The summed E-state index contributed by atoms with van der Waals surface area (Å²) in [5.41, 5.74) is 1.92. The zero-order valence-electron chi connectivity index (χ0n) is 11.2. The van der Waals surface area contributed by atoms with Crippen LogP contribution in [0.15, 0.2) is 24.3 Å². The molecule has 1 aromatic rings. The van der Waals surface area contributed by atoms with E-state index in [2.05, 4.69) is 18.3 Å². The van der Waals surface area contributed by atoms with Crippen LogP contribution in [-0.4, -0.2) is 6.04 Å². The highest BCUT2D eigenvalue weighted by molar-refractivity contribution is 5.37. The Morgan fingerprint density at radius 2 is 2.06 bits per heavy atom. The van der Waals surface area contributed by atoms with Gasteiger partial charge in [0.25, 0.3) is 0 Å². The molecule has 2 heteroatoms. The molecule has 0 amide bonds. The first-order chi connectivity index (χ1) is 8.79. The summed E-state index contributed by atoms with van der Waals surface area (Å²) in [7, 11) is 0. The Morgan fingerprint density at radius 3 is 2.89 bits per heavy atom. The molecule has 0 saturated heterocycles. The molecule has 1 fully saturated rings. The van der Waals surface area contributed by atoms with Crippen molar-refractivity contribution < 1.29 is 0 Å². The van der Waals surface area contributed by atoms with Crippen LogP contribution in [0.4, 0.5) is 0 Å². The fraction of sp³-hybridized carbons (Fsp3) is 0.562. The second-order valence-corrected chi connectivity index (χ2v) is 5.46. The van der Waals surface area contributed by atoms with E-state index in [0.29, 0.717) is 6.04 Å². The molecule has 0 bridgehead atoms. The first-order valence-corrected chi connectivity index (χ1v) is 7.01. The monoisotopic (exact) mass is 242 g/mol. The molecule has 1 aliphatic carbocycles. The van der Waals surface area contributed by atoms with Crippen LogP contribution < -0.4 is 5.32 Å². The van der Waals surface area contributed by atoms with Crippen LogP contribution in [0, 0.1) is 17.2 Å². The molecule has 96 valence electrons. The summed E-state index contributed by atoms with van der Waals surface area (Å²) in [4.78, 5) is 0. The van der Waals surface area contributed by atoms with Gasteiger partial charge in [0.2, 0.25) is 0 Å². The maximum absolute atomic E-state index is 9.06. The van der Waals surface area contributed by atoms with Gasteiger partial charge >= 0.3 is 0 Å². The van der Waals surface area contributed by atoms with Gasteiger partial charge in [-0.25, -0.2) is 0 Å². The highest BCUT2D eigenvalue weighted by atomic mass is 14.9. The first-order valence-electron chi connectivity index (χ1n) is 7.01. The van der Waals surface area contributed by atoms with Gasteiger partial charge in [-0.2, -0.15) is 5.26 Å². The molecular formula is C16H22N2. The maximum Gasteiger partial charge on any atom is 0.0995 e. The fourth-order valence-electron chi connectivity index (χ4n) is 2.73. The largest absolute Gasteiger partial charge is 0.310 e. The molecule has 0 radical (unpaired) electrons. The summed E-state index contributed by atoms with van der Waals surface area (Å²) in [6, 6.07) is 10.8. The van der Waals surface area contributed by atoms with E-state index in [-0.39, 0.29) is 0 Å². The average molecular weight is 242 g/mol. The minimum Gasteiger partial charge on any atom is -0.310 e. The van der Waals surface area contributed by atoms with Crippen molar-refractivity contribution in [2.24, 2.45) is 5.92 Å². The molecule has 1 saturated carbocycles. The van der Waals surface area contributed by atoms with Gasteiger partial charge in [-0.3, -0.25) is 0 Å². The van der Waals surface area contributed by atoms with Crippen LogP contribution in [0.2, 0.25) is 0 Å². The molecule has 1 aromatic carbocycles. The Balaban J connectivity index is 1.89. The Labute approximate surface area is 110 Å². The topological polar surface area (TPSA) is 35.8 Å². The van der Waals surface area contributed by atoms with Crippen molar-refractivity contribution in [1.82, 2.24) is 5.32 Å². The highest BCUT2D eigenvalue weighted by Gasteiger charge is 2.15. The zero-order valence-corrected chi connectivity index (χ0v) is 11.2. The molecule has 0 heterocycles. The van der Waals surface area contributed by atoms with Gasteiger partial charge < -0.3 is 5.32 Å². The van der Waals surface area contributed by atoms with Crippen molar-refractivity contribution in [3.63, 3.8) is 0 Å². The van der Waals surface area contributed by atoms with E-state index in [1.54, 1.807) is 0 Å². The molecule has 18 heavy (non-hydrogen) atoms. The van der Waals surface area contributed by atoms with Gasteiger partial charge in [0, 0.05) is 12.6 Å². The van der Waals surface area contributed by atoms with E-state index in [1.807, 2.05) is 24.3 Å². The first kappa shape index (κ1) is 13.1. The standard InChI is InChI=1S/C16H22N2/c1-13-5-4-8-16(10-9-13)18-12-15-7-3-2-6-14(15)11-17/h2-3,6-7,13,16,18H,4-5,8-10,12H2,1H3. The molecule has 2 rings (SSSR count). The number of rotatable bonds is 3. The lowest BCUT2D eigenvalue weighted by molar-refractivity contribution is 0.447. The van der Waals surface area contributed by atoms with Crippen molar-refractivity contribution in [1.29, 1.82) is 5.26 Å². The minimum absolute atomic E-state index is 0.627. The predicted octanol–water partition coefficient (Wildman–Crippen LogP) is 3.62. The van der Waals surface area contributed by atoms with Crippen molar-refractivity contribution in [3.8, 4) is 6.07 Å². The smallest absolute Gasteiger partial charge is 0.0995 e. The molecule has 0 aliphatic heterocycles. The number of hydrogen-bond acceptors (Lipinski definition) is 2. The predicted molar refractivity (Wildman–Crippen MR) is 74.0 cm³/mol. The van der Waals surface area contributed by atoms with E-state index in [0.717, 1.165) is 23.6 Å². The van der Waals surface area contributed by atoms with Gasteiger partial charge in [0.1, 0.15) is 0 Å². The van der Waals surface area contributed by atoms with Crippen molar-refractivity contribution in [2.75, 3.05) is 0 Å². The van der Waals surface area contributed by atoms with Crippen LogP contribution in [0.25, 0.3) is 0 Å². The Bertz CT molecular complexity index is 419. The third-order valence-corrected chi connectivity index (χ3v) is 3.98. The molecule has 0 aromatic heterocycles. The lowest BCUT2D eigenvalue weighted by Crippen LogP contribution is -2.28. The molecule has 1 aliphatic rings. The normalized spacial score (nSPS) is 24.2. The highest BCUT2D eigenvalue weighted by Crippen LogP contribution is 2.23. The van der Waals surface area contributed by atoms with Crippen LogP contribution in [0.5, 0.6) is 0 Å². The second kappa shape index (κ2) is 6.56. The fourth-order valence-corrected chi connectivity index (χ4v) is 2.73. The van der Waals surface area contributed by atoms with E-state index >= 15 is 0 Å². The molecular weight excluding hydrogens is 220 g/mol. The lowest BCUT2D eigenvalue weighted by Gasteiger charge is -2.16. The van der Waals surface area contributed by atoms with Crippen LogP contribution in [0.3, 0.4) is 0 Å². The number of hydrogen-bond donors (Lipinski definition) is 1. The molecule has 2 atom stereocenters. The summed E-state index contributed by atoms with van der Waals surface area (Å²) < 4.78 is 0. The summed E-state index contributed by atoms with van der Waals surface area (Å²) in [5.74, 6) is 0.878. The summed E-state index contributed by atoms with van der Waals surface area (Å²) in [6.45, 7) is 3.18. The van der Waals surface area contributed by atoms with Crippen LogP contribution in [0.1, 0.15) is 50.2 Å². The molecule has 1 N–H and O–H groups in total. The third kappa shape index (κ3) is 3.58. The van der Waals surface area contributed by atoms with E-state index < -0.39 is 0 Å². The van der Waals surface area contributed by atoms with Crippen LogP contribution >= 0.6 is 0 Å². The summed E-state index contributed by atoms with van der Waals surface area (Å²) in [5, 5.41) is 12.7. The SMILES string of the molecule is CC1CCCC(NCc2ccccc2C#N)CC1. The number of benzene rings is 1. The van der Waals surface area contributed by atoms with E-state index in [4.69, 9.17) is 5.26 Å². The van der Waals surface area contributed by atoms with Gasteiger partial charge in [-0.15, -0.1) is 0 Å². The van der Waals surface area contributed by atoms with Crippen molar-refractivity contribution in [2.45, 2.75) is 51.6 Å². The Kier molecular flexibility index (Phi) is 4.78. The number of nitrogens with zero attached hydrogens (tertiary/aromatic N) is 1. The third-order valence-electron chi connectivity index (χ3n) is 3.98. The summed E-state index contributed by atoms with van der Waals surface area (Å²) in [6.07, 6.45) is 6.58. The zero-order chi connectivity index (χ0) is 12.8. The van der Waals surface area contributed by atoms with E-state index in [9.17, 15) is 0 Å². The van der Waals surface area contributed by atoms with Crippen LogP contribution in [-0.2, 0) is 6.54 Å². The van der Waals surface area contributed by atoms with Crippen molar-refractivity contribution in [3.05, 3.63) is 35.4 Å². The quantitative estimate of drug-likeness (QED) is 0.822. The van der Waals surface area contributed by atoms with Gasteiger partial charge in [0.05, 0.1) is 11.6 Å². The van der Waals surface area contributed by atoms with Gasteiger partial charge in [-0.1, -0.05) is 38.0 Å². The van der Waals surface area contributed by atoms with Gasteiger partial charge in [-0.05, 0) is 36.8 Å². The average Bonchev–Trinajstić information content (AvgIpc) is 2.61. The van der Waals surface area contributed by atoms with Crippen molar-refractivity contribution >= 4 is 0 Å². The molecule has 2 nitrogen and oxygen atoms in total. The Hall–Kier alpha value is -1.33. The maximum atomic E-state index is 9.06. The second-order valence-electron chi connectivity index (χ2n) is 5.46. The molecule has 0 spiro atoms. The van der Waals surface area contributed by atoms with Gasteiger partial charge in [0.15, 0.2) is 0 Å². The Morgan fingerprint density at radius 1 is 1.22 bits per heavy atom. The number of nitriles is 1.